The van der Waals surface area contributed by atoms with E-state index in [1.165, 1.54) is 10.4 Å². The molecule has 1 aromatic rings. The average molecular weight is 267 g/mol. The topological polar surface area (TPSA) is 49.3 Å². The molecule has 0 spiro atoms. The molecule has 0 amide bonds. The minimum atomic E-state index is -0.712. The van der Waals surface area contributed by atoms with Crippen LogP contribution >= 0.6 is 11.3 Å². The number of aliphatic carboxylic acids is 1. The molecule has 0 bridgehead atoms. The van der Waals surface area contributed by atoms with Crippen LogP contribution in [0.1, 0.15) is 43.6 Å². The molecule has 1 aliphatic carbocycles. The van der Waals surface area contributed by atoms with Gasteiger partial charge in [0.05, 0.1) is 5.41 Å². The molecule has 100 valence electrons. The van der Waals surface area contributed by atoms with E-state index in [4.69, 9.17) is 0 Å². The summed E-state index contributed by atoms with van der Waals surface area (Å²) in [4.78, 5) is 12.8. The van der Waals surface area contributed by atoms with E-state index >= 15 is 0 Å². The number of carbonyl (C=O) groups is 1. The fraction of sp³-hybridized carbons (Fsp3) is 0.643. The number of carboxylic acids is 1. The number of thiophene rings is 1. The van der Waals surface area contributed by atoms with Gasteiger partial charge in [0.25, 0.3) is 0 Å². The van der Waals surface area contributed by atoms with Gasteiger partial charge < -0.3 is 10.4 Å². The number of hydrogen-bond donors (Lipinski definition) is 2. The Balaban J connectivity index is 2.10. The van der Waals surface area contributed by atoms with E-state index in [2.05, 4.69) is 23.7 Å². The Hall–Kier alpha value is -0.870. The van der Waals surface area contributed by atoms with Gasteiger partial charge in [-0.2, -0.15) is 0 Å². The van der Waals surface area contributed by atoms with Crippen molar-refractivity contribution in [3.05, 3.63) is 21.9 Å². The predicted molar refractivity (Wildman–Crippen MR) is 73.9 cm³/mol. The minimum Gasteiger partial charge on any atom is -0.481 e. The van der Waals surface area contributed by atoms with Crippen molar-refractivity contribution in [3.8, 4) is 0 Å². The molecule has 18 heavy (non-hydrogen) atoms. The van der Waals surface area contributed by atoms with Gasteiger partial charge in [-0.15, -0.1) is 11.3 Å². The van der Waals surface area contributed by atoms with Crippen LogP contribution in [0.4, 0.5) is 0 Å². The zero-order valence-electron chi connectivity index (χ0n) is 11.2. The number of carboxylic acid groups (broad SMARTS) is 1. The second kappa shape index (κ2) is 4.67. The lowest BCUT2D eigenvalue weighted by atomic mass is 9.60. The summed E-state index contributed by atoms with van der Waals surface area (Å²) in [6.07, 6.45) is 3.03. The van der Waals surface area contributed by atoms with E-state index in [1.54, 1.807) is 11.3 Å². The smallest absolute Gasteiger partial charge is 0.310 e. The molecule has 0 saturated heterocycles. The van der Waals surface area contributed by atoms with Crippen molar-refractivity contribution < 1.29 is 9.90 Å². The van der Waals surface area contributed by atoms with E-state index in [1.807, 2.05) is 13.8 Å². The lowest BCUT2D eigenvalue weighted by molar-refractivity contribution is -0.155. The van der Waals surface area contributed by atoms with Gasteiger partial charge in [-0.05, 0) is 57.0 Å². The quantitative estimate of drug-likeness (QED) is 0.861. The summed E-state index contributed by atoms with van der Waals surface area (Å²) in [7, 11) is 0. The zero-order chi connectivity index (χ0) is 13.4. The fourth-order valence-electron chi connectivity index (χ4n) is 2.59. The van der Waals surface area contributed by atoms with Crippen LogP contribution in [-0.4, -0.2) is 16.6 Å². The fourth-order valence-corrected chi connectivity index (χ4v) is 3.44. The highest BCUT2D eigenvalue weighted by atomic mass is 32.1. The van der Waals surface area contributed by atoms with Gasteiger partial charge >= 0.3 is 5.97 Å². The Kier molecular flexibility index (Phi) is 3.52. The number of rotatable bonds is 5. The van der Waals surface area contributed by atoms with Crippen molar-refractivity contribution in [1.82, 2.24) is 5.32 Å². The van der Waals surface area contributed by atoms with Crippen LogP contribution in [0.25, 0.3) is 0 Å². The SMILES string of the molecule is Cc1ccsc1CNC1(C(C)(C)C(=O)O)CCC1. The van der Waals surface area contributed by atoms with Crippen LogP contribution in [0, 0.1) is 12.3 Å². The third kappa shape index (κ3) is 2.08. The zero-order valence-corrected chi connectivity index (χ0v) is 12.1. The Morgan fingerprint density at radius 3 is 2.61 bits per heavy atom. The maximum absolute atomic E-state index is 11.5. The summed E-state index contributed by atoms with van der Waals surface area (Å²) in [6.45, 7) is 6.55. The molecule has 4 heteroatoms. The third-order valence-electron chi connectivity index (χ3n) is 4.49. The molecule has 2 rings (SSSR count). The first-order chi connectivity index (χ1) is 8.39. The van der Waals surface area contributed by atoms with Gasteiger partial charge in [-0.25, -0.2) is 0 Å². The Morgan fingerprint density at radius 1 is 1.56 bits per heavy atom. The van der Waals surface area contributed by atoms with Crippen LogP contribution in [0.2, 0.25) is 0 Å². The molecular formula is C14H21NO2S. The van der Waals surface area contributed by atoms with E-state index in [-0.39, 0.29) is 5.54 Å². The molecule has 0 unspecified atom stereocenters. The molecule has 1 aliphatic rings. The first-order valence-electron chi connectivity index (χ1n) is 6.40. The Labute approximate surface area is 112 Å². The van der Waals surface area contributed by atoms with Crippen LogP contribution in [0.15, 0.2) is 11.4 Å². The van der Waals surface area contributed by atoms with Crippen molar-refractivity contribution in [2.75, 3.05) is 0 Å². The van der Waals surface area contributed by atoms with Crippen molar-refractivity contribution in [1.29, 1.82) is 0 Å². The van der Waals surface area contributed by atoms with Gasteiger partial charge in [-0.1, -0.05) is 0 Å². The van der Waals surface area contributed by atoms with E-state index in [0.717, 1.165) is 25.8 Å². The van der Waals surface area contributed by atoms with Gasteiger partial charge in [0.15, 0.2) is 0 Å². The van der Waals surface area contributed by atoms with Crippen LogP contribution < -0.4 is 5.32 Å². The lowest BCUT2D eigenvalue weighted by Crippen LogP contribution is -2.63. The van der Waals surface area contributed by atoms with Gasteiger partial charge in [0.1, 0.15) is 0 Å². The number of aryl methyl sites for hydroxylation is 1. The van der Waals surface area contributed by atoms with Crippen molar-refractivity contribution in [2.24, 2.45) is 5.41 Å². The molecule has 0 aliphatic heterocycles. The standard InChI is InChI=1S/C14H21NO2S/c1-10-5-8-18-11(10)9-15-14(6-4-7-14)13(2,3)12(16)17/h5,8,15H,4,6-7,9H2,1-3H3,(H,16,17). The molecule has 1 fully saturated rings. The summed E-state index contributed by atoms with van der Waals surface area (Å²) in [6, 6.07) is 2.11. The van der Waals surface area contributed by atoms with Crippen molar-refractivity contribution >= 4 is 17.3 Å². The molecule has 2 N–H and O–H groups in total. The first kappa shape index (κ1) is 13.6. The number of nitrogens with one attached hydrogen (secondary N) is 1. The largest absolute Gasteiger partial charge is 0.481 e. The minimum absolute atomic E-state index is 0.241. The van der Waals surface area contributed by atoms with E-state index < -0.39 is 11.4 Å². The summed E-state index contributed by atoms with van der Waals surface area (Å²) in [5.74, 6) is -0.711. The summed E-state index contributed by atoms with van der Waals surface area (Å²) >= 11 is 1.73. The lowest BCUT2D eigenvalue weighted by Gasteiger charge is -2.51. The maximum Gasteiger partial charge on any atom is 0.310 e. The van der Waals surface area contributed by atoms with Gasteiger partial charge in [-0.3, -0.25) is 4.79 Å². The molecule has 1 heterocycles. The molecule has 3 nitrogen and oxygen atoms in total. The maximum atomic E-state index is 11.5. The molecule has 0 aromatic carbocycles. The van der Waals surface area contributed by atoms with Crippen molar-refractivity contribution in [3.63, 3.8) is 0 Å². The highest BCUT2D eigenvalue weighted by Crippen LogP contribution is 2.46. The highest BCUT2D eigenvalue weighted by molar-refractivity contribution is 7.10. The summed E-state index contributed by atoms with van der Waals surface area (Å²) < 4.78 is 0. The molecule has 1 saturated carbocycles. The average Bonchev–Trinajstić information content (AvgIpc) is 2.62. The first-order valence-corrected chi connectivity index (χ1v) is 7.28. The van der Waals surface area contributed by atoms with E-state index in [9.17, 15) is 9.90 Å². The molecule has 0 radical (unpaired) electrons. The summed E-state index contributed by atoms with van der Waals surface area (Å²) in [5, 5.41) is 15.0. The second-order valence-electron chi connectivity index (χ2n) is 5.75. The number of hydrogen-bond acceptors (Lipinski definition) is 3. The predicted octanol–water partition coefficient (Wildman–Crippen LogP) is 3.18. The van der Waals surface area contributed by atoms with Gasteiger partial charge in [0.2, 0.25) is 0 Å². The highest BCUT2D eigenvalue weighted by Gasteiger charge is 2.53. The second-order valence-corrected chi connectivity index (χ2v) is 6.75. The van der Waals surface area contributed by atoms with Crippen LogP contribution in [0.3, 0.4) is 0 Å². The normalized spacial score (nSPS) is 18.4. The third-order valence-corrected chi connectivity index (χ3v) is 5.52. The van der Waals surface area contributed by atoms with Crippen molar-refractivity contribution in [2.45, 2.75) is 52.1 Å². The van der Waals surface area contributed by atoms with E-state index in [0.29, 0.717) is 0 Å². The van der Waals surface area contributed by atoms with Crippen LogP contribution in [-0.2, 0) is 11.3 Å². The van der Waals surface area contributed by atoms with Gasteiger partial charge in [0, 0.05) is 17.0 Å². The van der Waals surface area contributed by atoms with Crippen LogP contribution in [0.5, 0.6) is 0 Å². The molecule has 0 atom stereocenters. The Bertz CT molecular complexity index is 446. The monoisotopic (exact) mass is 267 g/mol. The summed E-state index contributed by atoms with van der Waals surface area (Å²) in [5.41, 5.74) is 0.334. The molecular weight excluding hydrogens is 246 g/mol. The molecule has 1 aromatic heterocycles. The Morgan fingerprint density at radius 2 is 2.22 bits per heavy atom.